The van der Waals surface area contributed by atoms with Gasteiger partial charge in [0.05, 0.1) is 27.1 Å². The van der Waals surface area contributed by atoms with Crippen molar-refractivity contribution in [3.05, 3.63) is 139 Å². The second-order valence-corrected chi connectivity index (χ2v) is 15.1. The maximum atomic E-state index is 13.7. The summed E-state index contributed by atoms with van der Waals surface area (Å²) in [5, 5.41) is 7.02. The van der Waals surface area contributed by atoms with Crippen LogP contribution in [0.1, 0.15) is 97.3 Å². The van der Waals surface area contributed by atoms with Crippen LogP contribution in [0.4, 0.5) is 11.4 Å². The molecule has 0 bridgehead atoms. The molecule has 2 aliphatic heterocycles. The summed E-state index contributed by atoms with van der Waals surface area (Å²) < 4.78 is 22.7. The van der Waals surface area contributed by atoms with Gasteiger partial charge >= 0.3 is 0 Å². The van der Waals surface area contributed by atoms with Gasteiger partial charge in [0.1, 0.15) is 23.7 Å². The molecule has 59 heavy (non-hydrogen) atoms. The Morgan fingerprint density at radius 1 is 0.610 bits per heavy atom. The van der Waals surface area contributed by atoms with Gasteiger partial charge in [-0.15, -0.1) is 0 Å². The Balaban J connectivity index is 1.24. The van der Waals surface area contributed by atoms with Crippen molar-refractivity contribution in [1.82, 2.24) is 0 Å². The van der Waals surface area contributed by atoms with E-state index in [1.807, 2.05) is 64.1 Å². The second-order valence-electron chi connectivity index (χ2n) is 14.3. The fraction of sp³-hybridized carbons (Fsp3) is 0.319. The van der Waals surface area contributed by atoms with Crippen molar-refractivity contribution < 1.29 is 38.1 Å². The molecule has 0 aliphatic carbocycles. The number of hydrogen-bond acceptors (Lipinski definition) is 8. The standard InChI is InChI=1S/C47H48Cl2N2O8/c1-7-26-19-30(42(48)36(9-3)44(26)50-46(54)40-24-32(52)22-38(58-40)28-11-15-34(56-5)16-12-28)21-31-20-27(8-2)45(37(10-4)43(31)49)51-47(55)41-25-33(53)23-39(59-41)29-13-17-35(57-6)18-14-29/h11-20,24-25,38-39H,7-10,21-23H2,1-6H3,(H,50,54)(H,51,55)/t38-,39-/m1/s1. The maximum Gasteiger partial charge on any atom is 0.290 e. The lowest BCUT2D eigenvalue weighted by atomic mass is 9.92. The number of rotatable bonds is 14. The number of amides is 2. The van der Waals surface area contributed by atoms with Crippen LogP contribution in [0.15, 0.2) is 84.3 Å². The van der Waals surface area contributed by atoms with Gasteiger partial charge in [0, 0.05) is 40.0 Å². The molecule has 0 spiro atoms. The highest BCUT2D eigenvalue weighted by molar-refractivity contribution is 6.34. The number of methoxy groups -OCH3 is 2. The van der Waals surface area contributed by atoms with Crippen LogP contribution < -0.4 is 20.1 Å². The van der Waals surface area contributed by atoms with E-state index >= 15 is 0 Å². The molecule has 2 amide bonds. The molecule has 0 radical (unpaired) electrons. The molecule has 6 rings (SSSR count). The third-order valence-electron chi connectivity index (χ3n) is 10.7. The van der Waals surface area contributed by atoms with Crippen molar-refractivity contribution in [2.24, 2.45) is 0 Å². The summed E-state index contributed by atoms with van der Waals surface area (Å²) >= 11 is 14.3. The number of halogens is 2. The number of ketones is 2. The lowest BCUT2D eigenvalue weighted by molar-refractivity contribution is -0.124. The van der Waals surface area contributed by atoms with E-state index in [1.54, 1.807) is 38.5 Å². The number of aryl methyl sites for hydroxylation is 2. The van der Waals surface area contributed by atoms with Gasteiger partial charge in [-0.2, -0.15) is 0 Å². The normalized spacial score (nSPS) is 16.3. The summed E-state index contributed by atoms with van der Waals surface area (Å²) in [5.74, 6) is -0.302. The summed E-state index contributed by atoms with van der Waals surface area (Å²) in [5.41, 5.74) is 7.54. The fourth-order valence-electron chi connectivity index (χ4n) is 7.51. The monoisotopic (exact) mass is 838 g/mol. The fourth-order valence-corrected chi connectivity index (χ4v) is 8.21. The van der Waals surface area contributed by atoms with Gasteiger partial charge in [0.2, 0.25) is 0 Å². The minimum absolute atomic E-state index is 0.0699. The van der Waals surface area contributed by atoms with Gasteiger partial charge < -0.3 is 29.6 Å². The number of allylic oxidation sites excluding steroid dienone is 2. The SMILES string of the molecule is CCc1cc(Cc2cc(CC)c(NC(=O)C3=CC(=O)C[C@H](c4ccc(OC)cc4)O3)c(CC)c2Cl)c(Cl)c(CC)c1NC(=O)C1=CC(=O)C[C@H](c2ccc(OC)cc2)O1. The summed E-state index contributed by atoms with van der Waals surface area (Å²) in [4.78, 5) is 53.0. The Kier molecular flexibility index (Phi) is 13.8. The quantitative estimate of drug-likeness (QED) is 0.128. The van der Waals surface area contributed by atoms with Crippen molar-refractivity contribution in [1.29, 1.82) is 0 Å². The van der Waals surface area contributed by atoms with Crippen LogP contribution in [0.5, 0.6) is 11.5 Å². The Hall–Kier alpha value is -5.58. The van der Waals surface area contributed by atoms with Crippen molar-refractivity contribution in [2.75, 3.05) is 24.9 Å². The van der Waals surface area contributed by atoms with E-state index in [1.165, 1.54) is 12.2 Å². The highest BCUT2D eigenvalue weighted by Gasteiger charge is 2.30. The van der Waals surface area contributed by atoms with Crippen LogP contribution in [0, 0.1) is 0 Å². The number of ether oxygens (including phenoxy) is 4. The largest absolute Gasteiger partial charge is 0.497 e. The van der Waals surface area contributed by atoms with Crippen molar-refractivity contribution >= 4 is 58.0 Å². The predicted molar refractivity (Wildman–Crippen MR) is 230 cm³/mol. The van der Waals surface area contributed by atoms with Crippen LogP contribution in [0.3, 0.4) is 0 Å². The summed E-state index contributed by atoms with van der Waals surface area (Å²) in [6.45, 7) is 7.92. The number of benzene rings is 4. The first-order chi connectivity index (χ1) is 28.4. The van der Waals surface area contributed by atoms with Crippen molar-refractivity contribution in [2.45, 2.75) is 84.8 Å². The third-order valence-corrected chi connectivity index (χ3v) is 11.6. The van der Waals surface area contributed by atoms with E-state index in [0.29, 0.717) is 65.0 Å². The van der Waals surface area contributed by atoms with E-state index in [4.69, 9.17) is 42.1 Å². The molecule has 2 heterocycles. The molecule has 0 saturated heterocycles. The highest BCUT2D eigenvalue weighted by Crippen LogP contribution is 2.40. The lowest BCUT2D eigenvalue weighted by Crippen LogP contribution is -2.25. The zero-order chi connectivity index (χ0) is 42.4. The maximum absolute atomic E-state index is 13.7. The Labute approximate surface area is 354 Å². The Morgan fingerprint density at radius 3 is 1.31 bits per heavy atom. The first-order valence-corrected chi connectivity index (χ1v) is 20.6. The van der Waals surface area contributed by atoms with Gasteiger partial charge in [-0.25, -0.2) is 0 Å². The van der Waals surface area contributed by atoms with E-state index in [0.717, 1.165) is 44.5 Å². The number of carbonyl (C=O) groups excluding carboxylic acids is 4. The van der Waals surface area contributed by atoms with Gasteiger partial charge in [-0.1, -0.05) is 87.3 Å². The smallest absolute Gasteiger partial charge is 0.290 e. The highest BCUT2D eigenvalue weighted by atomic mass is 35.5. The van der Waals surface area contributed by atoms with Crippen LogP contribution in [-0.2, 0) is 60.8 Å². The molecule has 2 N–H and O–H groups in total. The van der Waals surface area contributed by atoms with E-state index < -0.39 is 24.0 Å². The predicted octanol–water partition coefficient (Wildman–Crippen LogP) is 9.96. The molecule has 0 aromatic heterocycles. The van der Waals surface area contributed by atoms with Gasteiger partial charge in [0.25, 0.3) is 11.8 Å². The van der Waals surface area contributed by atoms with E-state index in [2.05, 4.69) is 10.6 Å². The van der Waals surface area contributed by atoms with Crippen LogP contribution in [-0.4, -0.2) is 37.6 Å². The number of nitrogens with one attached hydrogen (secondary N) is 2. The minimum Gasteiger partial charge on any atom is -0.497 e. The first-order valence-electron chi connectivity index (χ1n) is 19.8. The third kappa shape index (κ3) is 9.50. The van der Waals surface area contributed by atoms with Crippen LogP contribution >= 0.6 is 23.2 Å². The molecule has 12 heteroatoms. The average molecular weight is 840 g/mol. The van der Waals surface area contributed by atoms with Crippen LogP contribution in [0.25, 0.3) is 0 Å². The number of carbonyl (C=O) groups is 4. The Morgan fingerprint density at radius 2 is 0.983 bits per heavy atom. The topological polar surface area (TPSA) is 129 Å². The van der Waals surface area contributed by atoms with Gasteiger partial charge in [-0.05, 0) is 94.5 Å². The van der Waals surface area contributed by atoms with Crippen molar-refractivity contribution in [3.63, 3.8) is 0 Å². The minimum atomic E-state index is -0.619. The average Bonchev–Trinajstić information content (AvgIpc) is 3.25. The van der Waals surface area contributed by atoms with E-state index in [9.17, 15) is 19.2 Å². The molecule has 4 aromatic rings. The molecule has 10 nitrogen and oxygen atoms in total. The van der Waals surface area contributed by atoms with Gasteiger partial charge in [-0.3, -0.25) is 19.2 Å². The lowest BCUT2D eigenvalue weighted by Gasteiger charge is -2.26. The molecule has 4 aromatic carbocycles. The molecular weight excluding hydrogens is 791 g/mol. The molecule has 308 valence electrons. The number of anilines is 2. The molecule has 0 saturated carbocycles. The summed E-state index contributed by atoms with van der Waals surface area (Å²) in [7, 11) is 3.15. The zero-order valence-electron chi connectivity index (χ0n) is 34.1. The van der Waals surface area contributed by atoms with Gasteiger partial charge in [0.15, 0.2) is 23.1 Å². The molecule has 2 atom stereocenters. The van der Waals surface area contributed by atoms with Crippen molar-refractivity contribution in [3.8, 4) is 11.5 Å². The summed E-state index contributed by atoms with van der Waals surface area (Å²) in [6, 6.07) is 18.4. The molecular formula is C47H48Cl2N2O8. The molecule has 0 unspecified atom stereocenters. The zero-order valence-corrected chi connectivity index (χ0v) is 35.6. The van der Waals surface area contributed by atoms with Crippen LogP contribution in [0.2, 0.25) is 10.0 Å². The first kappa shape index (κ1) is 43.0. The molecule has 0 fully saturated rings. The summed E-state index contributed by atoms with van der Waals surface area (Å²) in [6.07, 6.45) is 4.05. The number of hydrogen-bond donors (Lipinski definition) is 2. The van der Waals surface area contributed by atoms with E-state index in [-0.39, 0.29) is 35.9 Å². The molecule has 2 aliphatic rings. The Bertz CT molecular complexity index is 2170. The second kappa shape index (κ2) is 19.0.